The molecule has 5 heteroatoms. The van der Waals surface area contributed by atoms with Gasteiger partial charge in [0.2, 0.25) is 5.95 Å². The van der Waals surface area contributed by atoms with Crippen molar-refractivity contribution in [1.82, 2.24) is 19.5 Å². The molecule has 9 rings (SSSR count). The molecule has 0 radical (unpaired) electrons. The minimum absolute atomic E-state index is 0.0678. The summed E-state index contributed by atoms with van der Waals surface area (Å²) in [4.78, 5) is 16.2. The number of para-hydroxylation sites is 2. The molecule has 0 saturated carbocycles. The van der Waals surface area contributed by atoms with Gasteiger partial charge in [-0.1, -0.05) is 86.6 Å². The molecule has 0 N–H and O–H groups in total. The minimum Gasteiger partial charge on any atom is -0.276 e. The van der Waals surface area contributed by atoms with Crippen molar-refractivity contribution in [2.75, 3.05) is 0 Å². The van der Waals surface area contributed by atoms with Crippen LogP contribution in [-0.2, 0) is 5.41 Å². The molecule has 0 amide bonds. The summed E-state index contributed by atoms with van der Waals surface area (Å²) in [7, 11) is 0. The number of hydrogen-bond donors (Lipinski definition) is 0. The third-order valence-electron chi connectivity index (χ3n) is 8.69. The Morgan fingerprint density at radius 1 is 0.707 bits per heavy atom. The molecule has 4 heterocycles. The fraction of sp³-hybridized carbons (Fsp3) is 0.0833. The fourth-order valence-corrected chi connectivity index (χ4v) is 8.41. The SMILES string of the molecule is CC1(C)c2ccccc2-c2sc3c(ccc4c5ccccc5n(-c5nc(-c6cccnc6)c6ccccc6n5)c43)c21. The van der Waals surface area contributed by atoms with E-state index in [4.69, 9.17) is 9.97 Å². The number of fused-ring (bicyclic) bond motifs is 10. The minimum atomic E-state index is -0.0678. The quantitative estimate of drug-likeness (QED) is 0.218. The number of nitrogens with zero attached hydrogens (tertiary/aromatic N) is 4. The van der Waals surface area contributed by atoms with Crippen LogP contribution in [0.1, 0.15) is 25.0 Å². The summed E-state index contributed by atoms with van der Waals surface area (Å²) in [5.41, 5.74) is 9.17. The second-order valence-electron chi connectivity index (χ2n) is 11.3. The van der Waals surface area contributed by atoms with Crippen LogP contribution in [0.4, 0.5) is 0 Å². The van der Waals surface area contributed by atoms with E-state index in [0.717, 1.165) is 27.7 Å². The zero-order valence-corrected chi connectivity index (χ0v) is 23.4. The Hall–Kier alpha value is -4.87. The van der Waals surface area contributed by atoms with Crippen molar-refractivity contribution in [2.45, 2.75) is 19.3 Å². The van der Waals surface area contributed by atoms with E-state index in [1.54, 1.807) is 6.20 Å². The Kier molecular flexibility index (Phi) is 4.52. The van der Waals surface area contributed by atoms with Crippen LogP contribution >= 0.6 is 11.3 Å². The molecule has 1 aliphatic carbocycles. The Labute approximate surface area is 240 Å². The van der Waals surface area contributed by atoms with Crippen molar-refractivity contribution in [1.29, 1.82) is 0 Å². The topological polar surface area (TPSA) is 43.6 Å². The van der Waals surface area contributed by atoms with Crippen LogP contribution in [0.3, 0.4) is 0 Å². The molecule has 0 atom stereocenters. The van der Waals surface area contributed by atoms with Crippen LogP contribution in [0.5, 0.6) is 0 Å². The normalized spacial score (nSPS) is 13.8. The zero-order valence-electron chi connectivity index (χ0n) is 22.6. The second kappa shape index (κ2) is 8.09. The van der Waals surface area contributed by atoms with Crippen LogP contribution in [0.15, 0.2) is 109 Å². The van der Waals surface area contributed by atoms with E-state index < -0.39 is 0 Å². The van der Waals surface area contributed by atoms with Gasteiger partial charge in [-0.3, -0.25) is 9.55 Å². The van der Waals surface area contributed by atoms with Crippen molar-refractivity contribution in [3.05, 3.63) is 121 Å². The molecule has 4 nitrogen and oxygen atoms in total. The Bertz CT molecular complexity index is 2340. The number of thiophene rings is 1. The van der Waals surface area contributed by atoms with Gasteiger partial charge in [0.1, 0.15) is 0 Å². The Morgan fingerprint density at radius 3 is 2.37 bits per heavy atom. The summed E-state index contributed by atoms with van der Waals surface area (Å²) in [6, 6.07) is 34.4. The molecule has 4 aromatic heterocycles. The van der Waals surface area contributed by atoms with Crippen molar-refractivity contribution in [3.63, 3.8) is 0 Å². The third kappa shape index (κ3) is 3.01. The second-order valence-corrected chi connectivity index (χ2v) is 12.3. The molecule has 4 aromatic carbocycles. The lowest BCUT2D eigenvalue weighted by molar-refractivity contribution is 0.667. The summed E-state index contributed by atoms with van der Waals surface area (Å²) in [5, 5.41) is 4.76. The summed E-state index contributed by atoms with van der Waals surface area (Å²) < 4.78 is 3.56. The van der Waals surface area contributed by atoms with Crippen molar-refractivity contribution in [3.8, 4) is 27.6 Å². The smallest absolute Gasteiger partial charge is 0.235 e. The molecule has 8 aromatic rings. The van der Waals surface area contributed by atoms with Crippen LogP contribution in [0.2, 0.25) is 0 Å². The van der Waals surface area contributed by atoms with Crippen molar-refractivity contribution >= 4 is 54.1 Å². The number of rotatable bonds is 2. The monoisotopic (exact) mass is 544 g/mol. The van der Waals surface area contributed by atoms with Gasteiger partial charge in [0.15, 0.2) is 0 Å². The molecule has 194 valence electrons. The average molecular weight is 545 g/mol. The summed E-state index contributed by atoms with van der Waals surface area (Å²) in [5.74, 6) is 0.675. The lowest BCUT2D eigenvalue weighted by atomic mass is 9.81. The molecule has 0 unspecified atom stereocenters. The van der Waals surface area contributed by atoms with E-state index >= 15 is 0 Å². The highest BCUT2D eigenvalue weighted by Gasteiger charge is 2.39. The van der Waals surface area contributed by atoms with Gasteiger partial charge in [0.05, 0.1) is 26.9 Å². The van der Waals surface area contributed by atoms with Crippen molar-refractivity contribution < 1.29 is 0 Å². The van der Waals surface area contributed by atoms with Gasteiger partial charge in [-0.2, -0.15) is 0 Å². The van der Waals surface area contributed by atoms with Crippen LogP contribution in [-0.4, -0.2) is 19.5 Å². The Morgan fingerprint density at radius 2 is 1.49 bits per heavy atom. The van der Waals surface area contributed by atoms with Crippen molar-refractivity contribution in [2.24, 2.45) is 0 Å². The lowest BCUT2D eigenvalue weighted by Gasteiger charge is -2.21. The molecular formula is C36H24N4S. The summed E-state index contributed by atoms with van der Waals surface area (Å²) in [6.45, 7) is 4.71. The highest BCUT2D eigenvalue weighted by Crippen LogP contribution is 2.56. The van der Waals surface area contributed by atoms with E-state index in [0.29, 0.717) is 5.95 Å². The van der Waals surface area contributed by atoms with E-state index in [1.165, 1.54) is 47.9 Å². The first-order valence-corrected chi connectivity index (χ1v) is 14.7. The average Bonchev–Trinajstić information content (AvgIpc) is 3.64. The first-order valence-electron chi connectivity index (χ1n) is 13.9. The maximum absolute atomic E-state index is 5.27. The van der Waals surface area contributed by atoms with Gasteiger partial charge >= 0.3 is 0 Å². The molecule has 1 aliphatic rings. The zero-order chi connectivity index (χ0) is 27.3. The van der Waals surface area contributed by atoms with Crippen LogP contribution in [0.25, 0.3) is 70.4 Å². The summed E-state index contributed by atoms with van der Waals surface area (Å²) in [6.07, 6.45) is 3.68. The molecular weight excluding hydrogens is 520 g/mol. The maximum Gasteiger partial charge on any atom is 0.235 e. The highest BCUT2D eigenvalue weighted by atomic mass is 32.1. The van der Waals surface area contributed by atoms with Gasteiger partial charge < -0.3 is 0 Å². The fourth-order valence-electron chi connectivity index (χ4n) is 6.87. The summed E-state index contributed by atoms with van der Waals surface area (Å²) >= 11 is 1.90. The maximum atomic E-state index is 5.27. The third-order valence-corrected chi connectivity index (χ3v) is 9.93. The first kappa shape index (κ1) is 22.9. The van der Waals surface area contributed by atoms with Crippen LogP contribution in [0, 0.1) is 0 Å². The highest BCUT2D eigenvalue weighted by molar-refractivity contribution is 7.23. The van der Waals surface area contributed by atoms with E-state index in [1.807, 2.05) is 35.7 Å². The molecule has 0 saturated heterocycles. The largest absolute Gasteiger partial charge is 0.276 e. The predicted octanol–water partition coefficient (Wildman–Crippen LogP) is 9.31. The van der Waals surface area contributed by atoms with Gasteiger partial charge in [0, 0.05) is 44.4 Å². The van der Waals surface area contributed by atoms with Gasteiger partial charge in [-0.05, 0) is 46.3 Å². The first-order chi connectivity index (χ1) is 20.1. The van der Waals surface area contributed by atoms with Crippen LogP contribution < -0.4 is 0 Å². The van der Waals surface area contributed by atoms with E-state index in [-0.39, 0.29) is 5.41 Å². The number of hydrogen-bond acceptors (Lipinski definition) is 4. The van der Waals surface area contributed by atoms with E-state index in [9.17, 15) is 0 Å². The number of aromatic nitrogens is 4. The molecule has 0 fully saturated rings. The number of pyridine rings is 1. The number of benzene rings is 4. The standard InChI is InChI=1S/C36H24N4S/c1-36(2)27-14-6-3-12-24(27)33-30(36)26-18-17-23-22-11-5-8-16-29(22)40(32(23)34(26)41-33)35-38-28-15-7-4-13-25(28)31(39-35)21-10-9-19-37-20-21/h3-20H,1-2H3. The van der Waals surface area contributed by atoms with Gasteiger partial charge in [-0.25, -0.2) is 9.97 Å². The molecule has 0 spiro atoms. The van der Waals surface area contributed by atoms with Gasteiger partial charge in [0.25, 0.3) is 0 Å². The predicted molar refractivity (Wildman–Crippen MR) is 170 cm³/mol. The lowest BCUT2D eigenvalue weighted by Crippen LogP contribution is -2.14. The van der Waals surface area contributed by atoms with Gasteiger partial charge in [-0.15, -0.1) is 11.3 Å². The Balaban J connectivity index is 1.44. The molecule has 0 bridgehead atoms. The van der Waals surface area contributed by atoms with E-state index in [2.05, 4.69) is 102 Å². The molecule has 0 aliphatic heterocycles. The molecule has 41 heavy (non-hydrogen) atoms.